The first-order valence-corrected chi connectivity index (χ1v) is 19.4. The van der Waals surface area contributed by atoms with Crippen molar-refractivity contribution in [2.75, 3.05) is 0 Å². The van der Waals surface area contributed by atoms with Gasteiger partial charge in [0.2, 0.25) is 0 Å². The maximum absolute atomic E-state index is 5.69. The van der Waals surface area contributed by atoms with Crippen LogP contribution in [0.1, 0.15) is 25.0 Å². The molecule has 1 aliphatic carbocycles. The summed E-state index contributed by atoms with van der Waals surface area (Å²) in [6, 6.07) is 67.4. The molecule has 9 aromatic rings. The van der Waals surface area contributed by atoms with Crippen LogP contribution in [0.2, 0.25) is 0 Å². The fourth-order valence-corrected chi connectivity index (χ4v) is 8.26. The van der Waals surface area contributed by atoms with Gasteiger partial charge in [-0.05, 0) is 34.4 Å². The Balaban J connectivity index is 1.21. The molecule has 0 saturated heterocycles. The van der Waals surface area contributed by atoms with Crippen LogP contribution in [0.3, 0.4) is 0 Å². The highest BCUT2D eigenvalue weighted by molar-refractivity contribution is 5.96. The Labute approximate surface area is 333 Å². The number of hydrogen-bond acceptors (Lipinski definition) is 4. The molecule has 270 valence electrons. The van der Waals surface area contributed by atoms with Crippen LogP contribution in [-0.4, -0.2) is 19.9 Å². The maximum Gasteiger partial charge on any atom is 0.160 e. The molecule has 10 rings (SSSR count). The lowest BCUT2D eigenvalue weighted by Crippen LogP contribution is -2.14. The van der Waals surface area contributed by atoms with Crippen LogP contribution in [0, 0.1) is 0 Å². The van der Waals surface area contributed by atoms with E-state index in [1.807, 2.05) is 48.5 Å². The van der Waals surface area contributed by atoms with Gasteiger partial charge in [-0.15, -0.1) is 0 Å². The van der Waals surface area contributed by atoms with Crippen molar-refractivity contribution in [1.82, 2.24) is 19.9 Å². The number of hydrogen-bond donors (Lipinski definition) is 0. The summed E-state index contributed by atoms with van der Waals surface area (Å²) < 4.78 is 0. The molecule has 0 bridgehead atoms. The topological polar surface area (TPSA) is 51.6 Å². The number of nitrogens with zero attached hydrogens (tertiary/aromatic N) is 4. The molecular formula is C53H38N4. The minimum Gasteiger partial charge on any atom is -0.243 e. The van der Waals surface area contributed by atoms with Crippen molar-refractivity contribution in [3.05, 3.63) is 205 Å². The Morgan fingerprint density at radius 3 is 1.42 bits per heavy atom. The highest BCUT2D eigenvalue weighted by Crippen LogP contribution is 2.53. The van der Waals surface area contributed by atoms with E-state index in [0.717, 1.165) is 73.1 Å². The molecule has 4 nitrogen and oxygen atoms in total. The van der Waals surface area contributed by atoms with Crippen LogP contribution in [0.5, 0.6) is 0 Å². The minimum atomic E-state index is -0.146. The SMILES string of the molecule is CC1(C)c2ccccc2-c2c(-c3nc(-c4ccccc4)c(-c4cccc(-c5cc(-c6ccccc6)nc(-c6ccccc6)n5)c4)nc3-c3ccccc3)cccc21. The van der Waals surface area contributed by atoms with E-state index in [2.05, 4.69) is 159 Å². The predicted molar refractivity (Wildman–Crippen MR) is 233 cm³/mol. The molecule has 0 spiro atoms. The Bertz CT molecular complexity index is 2850. The second-order valence-corrected chi connectivity index (χ2v) is 15.0. The number of aromatic nitrogens is 4. The first kappa shape index (κ1) is 34.2. The molecule has 0 saturated carbocycles. The summed E-state index contributed by atoms with van der Waals surface area (Å²) in [5.74, 6) is 0.679. The van der Waals surface area contributed by atoms with E-state index in [4.69, 9.17) is 19.9 Å². The Morgan fingerprint density at radius 2 is 0.754 bits per heavy atom. The molecule has 0 aliphatic heterocycles. The Kier molecular flexibility index (Phi) is 8.45. The first-order chi connectivity index (χ1) is 28.0. The molecule has 0 amide bonds. The van der Waals surface area contributed by atoms with Crippen LogP contribution < -0.4 is 0 Å². The molecule has 0 atom stereocenters. The van der Waals surface area contributed by atoms with Crippen LogP contribution in [0.15, 0.2) is 194 Å². The van der Waals surface area contributed by atoms with Gasteiger partial charge >= 0.3 is 0 Å². The third-order valence-corrected chi connectivity index (χ3v) is 11.1. The Hall–Kier alpha value is -7.30. The van der Waals surface area contributed by atoms with Crippen molar-refractivity contribution in [3.63, 3.8) is 0 Å². The van der Waals surface area contributed by atoms with Crippen molar-refractivity contribution >= 4 is 0 Å². The lowest BCUT2D eigenvalue weighted by atomic mass is 9.82. The van der Waals surface area contributed by atoms with Gasteiger partial charge in [-0.3, -0.25) is 0 Å². The summed E-state index contributed by atoms with van der Waals surface area (Å²) in [4.78, 5) is 21.5. The fourth-order valence-electron chi connectivity index (χ4n) is 8.26. The predicted octanol–water partition coefficient (Wildman–Crippen LogP) is 13.2. The highest BCUT2D eigenvalue weighted by Gasteiger charge is 2.37. The van der Waals surface area contributed by atoms with E-state index in [1.54, 1.807) is 0 Å². The summed E-state index contributed by atoms with van der Waals surface area (Å²) in [7, 11) is 0. The molecular weight excluding hydrogens is 693 g/mol. The standard InChI is InChI=1S/C53H38N4/c1-53(2)43-31-16-15-29-41(43)47-42(30-18-32-44(47)53)51-49(37-23-11-5-12-24-37)56-50(48(57-51)36-21-9-4-10-22-36)40-28-17-27-39(33-40)46-34-45(35-19-7-3-8-20-35)54-52(55-46)38-25-13-6-14-26-38/h3-34H,1-2H3. The lowest BCUT2D eigenvalue weighted by Gasteiger charge is -2.22. The van der Waals surface area contributed by atoms with Crippen LogP contribution in [-0.2, 0) is 5.41 Å². The van der Waals surface area contributed by atoms with Crippen LogP contribution in [0.4, 0.5) is 0 Å². The molecule has 57 heavy (non-hydrogen) atoms. The van der Waals surface area contributed by atoms with Crippen molar-refractivity contribution in [2.45, 2.75) is 19.3 Å². The van der Waals surface area contributed by atoms with Gasteiger partial charge in [-0.25, -0.2) is 19.9 Å². The van der Waals surface area contributed by atoms with Gasteiger partial charge in [0.15, 0.2) is 5.82 Å². The zero-order chi connectivity index (χ0) is 38.3. The highest BCUT2D eigenvalue weighted by atomic mass is 14.9. The van der Waals surface area contributed by atoms with E-state index >= 15 is 0 Å². The number of benzene rings is 7. The van der Waals surface area contributed by atoms with Gasteiger partial charge in [0.05, 0.1) is 34.2 Å². The zero-order valence-electron chi connectivity index (χ0n) is 31.8. The van der Waals surface area contributed by atoms with Gasteiger partial charge in [0, 0.05) is 44.4 Å². The summed E-state index contributed by atoms with van der Waals surface area (Å²) in [6.07, 6.45) is 0. The molecule has 0 N–H and O–H groups in total. The monoisotopic (exact) mass is 730 g/mol. The molecule has 2 heterocycles. The molecule has 0 radical (unpaired) electrons. The van der Waals surface area contributed by atoms with E-state index in [1.165, 1.54) is 22.3 Å². The second kappa shape index (κ2) is 14.1. The van der Waals surface area contributed by atoms with Crippen LogP contribution in [0.25, 0.3) is 90.1 Å². The van der Waals surface area contributed by atoms with Crippen molar-refractivity contribution in [1.29, 1.82) is 0 Å². The van der Waals surface area contributed by atoms with Crippen LogP contribution >= 0.6 is 0 Å². The summed E-state index contributed by atoms with van der Waals surface area (Å²) in [5.41, 5.74) is 17.0. The molecule has 0 fully saturated rings. The zero-order valence-corrected chi connectivity index (χ0v) is 31.8. The average Bonchev–Trinajstić information content (AvgIpc) is 3.53. The second-order valence-electron chi connectivity index (χ2n) is 15.0. The number of fused-ring (bicyclic) bond motifs is 3. The molecule has 7 aromatic carbocycles. The van der Waals surface area contributed by atoms with Gasteiger partial charge in [-0.1, -0.05) is 196 Å². The van der Waals surface area contributed by atoms with Crippen molar-refractivity contribution in [3.8, 4) is 90.1 Å². The molecule has 0 unspecified atom stereocenters. The first-order valence-electron chi connectivity index (χ1n) is 19.4. The van der Waals surface area contributed by atoms with Crippen molar-refractivity contribution in [2.24, 2.45) is 0 Å². The third-order valence-electron chi connectivity index (χ3n) is 11.1. The van der Waals surface area contributed by atoms with Crippen molar-refractivity contribution < 1.29 is 0 Å². The van der Waals surface area contributed by atoms with E-state index in [9.17, 15) is 0 Å². The minimum absolute atomic E-state index is 0.146. The van der Waals surface area contributed by atoms with E-state index in [0.29, 0.717) is 5.82 Å². The average molecular weight is 731 g/mol. The van der Waals surface area contributed by atoms with Gasteiger partial charge < -0.3 is 0 Å². The normalized spacial score (nSPS) is 12.5. The smallest absolute Gasteiger partial charge is 0.160 e. The van der Waals surface area contributed by atoms with Gasteiger partial charge in [0.1, 0.15) is 0 Å². The fraction of sp³-hybridized carbons (Fsp3) is 0.0566. The lowest BCUT2D eigenvalue weighted by molar-refractivity contribution is 0.660. The molecule has 2 aromatic heterocycles. The van der Waals surface area contributed by atoms with Gasteiger partial charge in [-0.2, -0.15) is 0 Å². The largest absolute Gasteiger partial charge is 0.243 e. The molecule has 1 aliphatic rings. The molecule has 4 heteroatoms. The quantitative estimate of drug-likeness (QED) is 0.164. The number of rotatable bonds is 7. The van der Waals surface area contributed by atoms with E-state index < -0.39 is 0 Å². The Morgan fingerprint density at radius 1 is 0.316 bits per heavy atom. The van der Waals surface area contributed by atoms with E-state index in [-0.39, 0.29) is 5.41 Å². The summed E-state index contributed by atoms with van der Waals surface area (Å²) in [6.45, 7) is 4.64. The van der Waals surface area contributed by atoms with Gasteiger partial charge in [0.25, 0.3) is 0 Å². The summed E-state index contributed by atoms with van der Waals surface area (Å²) >= 11 is 0. The maximum atomic E-state index is 5.69. The third kappa shape index (κ3) is 6.12. The summed E-state index contributed by atoms with van der Waals surface area (Å²) in [5, 5.41) is 0.